The van der Waals surface area contributed by atoms with Crippen molar-refractivity contribution in [3.63, 3.8) is 0 Å². The summed E-state index contributed by atoms with van der Waals surface area (Å²) in [6.45, 7) is 3.38. The molecule has 2 aromatic carbocycles. The maximum Gasteiger partial charge on any atom is 0.338 e. The number of rotatable bonds is 8. The highest BCUT2D eigenvalue weighted by Gasteiger charge is 2.16. The molecule has 0 saturated heterocycles. The molecule has 0 aromatic heterocycles. The largest absolute Gasteiger partial charge is 0.490 e. The Kier molecular flexibility index (Phi) is 7.14. The maximum atomic E-state index is 12.3. The van der Waals surface area contributed by atoms with Gasteiger partial charge in [0.2, 0.25) is 0 Å². The van der Waals surface area contributed by atoms with Crippen LogP contribution in [-0.4, -0.2) is 25.8 Å². The first kappa shape index (κ1) is 19.3. The molecule has 0 aliphatic heterocycles. The summed E-state index contributed by atoms with van der Waals surface area (Å²) in [5.41, 5.74) is 1.50. The van der Waals surface area contributed by atoms with E-state index >= 15 is 0 Å². The van der Waals surface area contributed by atoms with Crippen LogP contribution in [0.5, 0.6) is 11.5 Å². The van der Waals surface area contributed by atoms with Gasteiger partial charge in [0.25, 0.3) is 0 Å². The standard InChI is InChI=1S/C23H28O4/c1-18-16-20(23(24)27-17-19-8-4-2-5-9-19)12-13-22(18)26-15-14-25-21-10-6-3-7-11-21/h3,6-7,10-13,16,19H,2,4-5,8-9,14-15,17H2,1H3. The Morgan fingerprint density at radius 3 is 2.44 bits per heavy atom. The molecule has 0 bridgehead atoms. The molecule has 0 unspecified atom stereocenters. The molecule has 2 aromatic rings. The molecule has 0 N–H and O–H groups in total. The minimum absolute atomic E-state index is 0.248. The minimum atomic E-state index is -0.248. The van der Waals surface area contributed by atoms with E-state index in [2.05, 4.69) is 0 Å². The van der Waals surface area contributed by atoms with Crippen molar-refractivity contribution in [3.05, 3.63) is 59.7 Å². The third kappa shape index (κ3) is 6.02. The van der Waals surface area contributed by atoms with Gasteiger partial charge in [0.05, 0.1) is 12.2 Å². The van der Waals surface area contributed by atoms with Crippen molar-refractivity contribution >= 4 is 5.97 Å². The number of carbonyl (C=O) groups excluding carboxylic acids is 1. The third-order valence-electron chi connectivity index (χ3n) is 4.94. The highest BCUT2D eigenvalue weighted by atomic mass is 16.5. The molecular weight excluding hydrogens is 340 g/mol. The fraction of sp³-hybridized carbons (Fsp3) is 0.435. The lowest BCUT2D eigenvalue weighted by Crippen LogP contribution is -2.17. The van der Waals surface area contributed by atoms with Crippen LogP contribution >= 0.6 is 0 Å². The van der Waals surface area contributed by atoms with Crippen molar-refractivity contribution in [1.29, 1.82) is 0 Å². The number of hydrogen-bond donors (Lipinski definition) is 0. The smallest absolute Gasteiger partial charge is 0.338 e. The van der Waals surface area contributed by atoms with Crippen LogP contribution in [0.3, 0.4) is 0 Å². The van der Waals surface area contributed by atoms with E-state index < -0.39 is 0 Å². The molecular formula is C23H28O4. The number of para-hydroxylation sites is 1. The van der Waals surface area contributed by atoms with E-state index in [4.69, 9.17) is 14.2 Å². The Hall–Kier alpha value is -2.49. The van der Waals surface area contributed by atoms with E-state index in [1.165, 1.54) is 32.1 Å². The van der Waals surface area contributed by atoms with E-state index in [1.807, 2.05) is 49.4 Å². The van der Waals surface area contributed by atoms with Crippen molar-refractivity contribution in [2.45, 2.75) is 39.0 Å². The van der Waals surface area contributed by atoms with Crippen LogP contribution in [0.4, 0.5) is 0 Å². The van der Waals surface area contributed by atoms with Crippen LogP contribution in [0.15, 0.2) is 48.5 Å². The number of aryl methyl sites for hydroxylation is 1. The molecule has 1 saturated carbocycles. The lowest BCUT2D eigenvalue weighted by atomic mass is 9.90. The van der Waals surface area contributed by atoms with E-state index in [9.17, 15) is 4.79 Å². The summed E-state index contributed by atoms with van der Waals surface area (Å²) in [7, 11) is 0. The topological polar surface area (TPSA) is 44.8 Å². The quantitative estimate of drug-likeness (QED) is 0.475. The van der Waals surface area contributed by atoms with E-state index in [0.29, 0.717) is 31.3 Å². The second-order valence-corrected chi connectivity index (χ2v) is 7.09. The van der Waals surface area contributed by atoms with Gasteiger partial charge in [0.15, 0.2) is 0 Å². The van der Waals surface area contributed by atoms with E-state index in [-0.39, 0.29) is 5.97 Å². The van der Waals surface area contributed by atoms with Crippen LogP contribution < -0.4 is 9.47 Å². The molecule has 3 rings (SSSR count). The zero-order valence-electron chi connectivity index (χ0n) is 16.0. The van der Waals surface area contributed by atoms with Gasteiger partial charge in [-0.25, -0.2) is 4.79 Å². The van der Waals surface area contributed by atoms with Crippen LogP contribution in [0.25, 0.3) is 0 Å². The van der Waals surface area contributed by atoms with E-state index in [0.717, 1.165) is 17.1 Å². The van der Waals surface area contributed by atoms with Gasteiger partial charge >= 0.3 is 5.97 Å². The minimum Gasteiger partial charge on any atom is -0.490 e. The summed E-state index contributed by atoms with van der Waals surface area (Å²) in [6.07, 6.45) is 6.15. The zero-order valence-corrected chi connectivity index (χ0v) is 16.0. The van der Waals surface area contributed by atoms with Gasteiger partial charge in [-0.3, -0.25) is 0 Å². The number of ether oxygens (including phenoxy) is 3. The average molecular weight is 368 g/mol. The Morgan fingerprint density at radius 1 is 0.963 bits per heavy atom. The number of esters is 1. The zero-order chi connectivity index (χ0) is 18.9. The molecule has 0 atom stereocenters. The van der Waals surface area contributed by atoms with Gasteiger partial charge in [-0.15, -0.1) is 0 Å². The molecule has 1 aliphatic carbocycles. The Labute approximate surface area is 161 Å². The monoisotopic (exact) mass is 368 g/mol. The predicted octanol–water partition coefficient (Wildman–Crippen LogP) is 5.19. The Morgan fingerprint density at radius 2 is 1.70 bits per heavy atom. The van der Waals surface area contributed by atoms with Crippen LogP contribution in [0.2, 0.25) is 0 Å². The van der Waals surface area contributed by atoms with Crippen LogP contribution in [0, 0.1) is 12.8 Å². The number of benzene rings is 2. The summed E-state index contributed by atoms with van der Waals surface area (Å²) in [5.74, 6) is 1.86. The molecule has 0 heterocycles. The summed E-state index contributed by atoms with van der Waals surface area (Å²) in [4.78, 5) is 12.3. The molecule has 4 nitrogen and oxygen atoms in total. The van der Waals surface area contributed by atoms with Crippen LogP contribution in [0.1, 0.15) is 48.0 Å². The Bertz CT molecular complexity index is 720. The fourth-order valence-corrected chi connectivity index (χ4v) is 3.40. The molecule has 1 fully saturated rings. The molecule has 0 spiro atoms. The van der Waals surface area contributed by atoms with Crippen molar-refractivity contribution < 1.29 is 19.0 Å². The van der Waals surface area contributed by atoms with Gasteiger partial charge in [-0.2, -0.15) is 0 Å². The summed E-state index contributed by atoms with van der Waals surface area (Å²) >= 11 is 0. The van der Waals surface area contributed by atoms with Gasteiger partial charge < -0.3 is 14.2 Å². The van der Waals surface area contributed by atoms with Crippen molar-refractivity contribution in [1.82, 2.24) is 0 Å². The fourth-order valence-electron chi connectivity index (χ4n) is 3.40. The molecule has 27 heavy (non-hydrogen) atoms. The first-order chi connectivity index (χ1) is 13.2. The first-order valence-corrected chi connectivity index (χ1v) is 9.81. The maximum absolute atomic E-state index is 12.3. The molecule has 0 radical (unpaired) electrons. The van der Waals surface area contributed by atoms with Crippen molar-refractivity contribution in [2.24, 2.45) is 5.92 Å². The van der Waals surface area contributed by atoms with Crippen LogP contribution in [-0.2, 0) is 4.74 Å². The van der Waals surface area contributed by atoms with Crippen molar-refractivity contribution in [3.8, 4) is 11.5 Å². The molecule has 1 aliphatic rings. The predicted molar refractivity (Wildman–Crippen MR) is 105 cm³/mol. The summed E-state index contributed by atoms with van der Waals surface area (Å²) in [6, 6.07) is 15.1. The van der Waals surface area contributed by atoms with Gasteiger partial charge in [0, 0.05) is 0 Å². The highest BCUT2D eigenvalue weighted by Crippen LogP contribution is 2.24. The lowest BCUT2D eigenvalue weighted by Gasteiger charge is -2.21. The summed E-state index contributed by atoms with van der Waals surface area (Å²) < 4.78 is 16.9. The van der Waals surface area contributed by atoms with Crippen molar-refractivity contribution in [2.75, 3.05) is 19.8 Å². The lowest BCUT2D eigenvalue weighted by molar-refractivity contribution is 0.0410. The SMILES string of the molecule is Cc1cc(C(=O)OCC2CCCCC2)ccc1OCCOc1ccccc1. The van der Waals surface area contributed by atoms with Gasteiger partial charge in [-0.1, -0.05) is 37.5 Å². The molecule has 144 valence electrons. The molecule has 4 heteroatoms. The first-order valence-electron chi connectivity index (χ1n) is 9.81. The second-order valence-electron chi connectivity index (χ2n) is 7.09. The summed E-state index contributed by atoms with van der Waals surface area (Å²) in [5, 5.41) is 0. The second kappa shape index (κ2) is 10.0. The number of carbonyl (C=O) groups is 1. The highest BCUT2D eigenvalue weighted by molar-refractivity contribution is 5.89. The van der Waals surface area contributed by atoms with E-state index in [1.54, 1.807) is 6.07 Å². The van der Waals surface area contributed by atoms with Gasteiger partial charge in [-0.05, 0) is 61.6 Å². The van der Waals surface area contributed by atoms with Gasteiger partial charge in [0.1, 0.15) is 24.7 Å². The number of hydrogen-bond acceptors (Lipinski definition) is 4. The Balaban J connectivity index is 1.44. The molecule has 0 amide bonds. The average Bonchev–Trinajstić information content (AvgIpc) is 2.72. The third-order valence-corrected chi connectivity index (χ3v) is 4.94. The normalized spacial score (nSPS) is 14.6.